The van der Waals surface area contributed by atoms with Gasteiger partial charge in [-0.1, -0.05) is 6.92 Å². The first-order valence-corrected chi connectivity index (χ1v) is 5.23. The van der Waals surface area contributed by atoms with Gasteiger partial charge in [0.05, 0.1) is 0 Å². The molecular formula is C12H13FO4. The van der Waals surface area contributed by atoms with Crippen LogP contribution < -0.4 is 4.74 Å². The summed E-state index contributed by atoms with van der Waals surface area (Å²) in [7, 11) is 0. The average Bonchev–Trinajstić information content (AvgIpc) is 2.28. The molecule has 0 aliphatic rings. The van der Waals surface area contributed by atoms with Crippen LogP contribution in [0, 0.1) is 5.82 Å². The van der Waals surface area contributed by atoms with Crippen LogP contribution in [0.2, 0.25) is 0 Å². The van der Waals surface area contributed by atoms with Crippen LogP contribution in [0.15, 0.2) is 24.3 Å². The van der Waals surface area contributed by atoms with Crippen molar-refractivity contribution in [3.63, 3.8) is 0 Å². The number of rotatable bonds is 5. The fourth-order valence-electron chi connectivity index (χ4n) is 1.08. The molecule has 0 saturated carbocycles. The monoisotopic (exact) mass is 240 g/mol. The Morgan fingerprint density at radius 3 is 2.41 bits per heavy atom. The number of carbonyl (C=O) groups is 2. The second-order valence-electron chi connectivity index (χ2n) is 3.34. The highest BCUT2D eigenvalue weighted by Crippen LogP contribution is 2.10. The maximum atomic E-state index is 12.6. The molecule has 0 amide bonds. The molecule has 0 aromatic heterocycles. The lowest BCUT2D eigenvalue weighted by Gasteiger charge is -2.05. The zero-order valence-electron chi connectivity index (χ0n) is 9.44. The Morgan fingerprint density at radius 2 is 1.82 bits per heavy atom. The highest BCUT2D eigenvalue weighted by atomic mass is 19.1. The fourth-order valence-corrected chi connectivity index (χ4v) is 1.08. The van der Waals surface area contributed by atoms with Gasteiger partial charge < -0.3 is 9.47 Å². The predicted octanol–water partition coefficient (Wildman–Crippen LogP) is 2.07. The van der Waals surface area contributed by atoms with Crippen LogP contribution in [0.3, 0.4) is 0 Å². The molecule has 0 atom stereocenters. The molecule has 5 heteroatoms. The van der Waals surface area contributed by atoms with E-state index in [-0.39, 0.29) is 13.0 Å². The second kappa shape index (κ2) is 6.62. The number of halogens is 1. The number of carbonyl (C=O) groups excluding carboxylic acids is 2. The van der Waals surface area contributed by atoms with Gasteiger partial charge in [0.25, 0.3) is 0 Å². The van der Waals surface area contributed by atoms with Gasteiger partial charge in [0.1, 0.15) is 11.6 Å². The van der Waals surface area contributed by atoms with Gasteiger partial charge in [0, 0.05) is 6.42 Å². The van der Waals surface area contributed by atoms with Crippen molar-refractivity contribution in [2.24, 2.45) is 0 Å². The van der Waals surface area contributed by atoms with E-state index in [4.69, 9.17) is 4.74 Å². The zero-order chi connectivity index (χ0) is 12.7. The zero-order valence-corrected chi connectivity index (χ0v) is 9.44. The Kier molecular flexibility index (Phi) is 5.13. The molecular weight excluding hydrogens is 227 g/mol. The van der Waals surface area contributed by atoms with Gasteiger partial charge in [-0.25, -0.2) is 9.18 Å². The van der Waals surface area contributed by atoms with Crippen molar-refractivity contribution in [1.29, 1.82) is 0 Å². The quantitative estimate of drug-likeness (QED) is 0.584. The smallest absolute Gasteiger partial charge is 0.351 e. The summed E-state index contributed by atoms with van der Waals surface area (Å²) in [4.78, 5) is 22.1. The van der Waals surface area contributed by atoms with E-state index in [2.05, 4.69) is 4.74 Å². The molecule has 0 fully saturated rings. The van der Waals surface area contributed by atoms with E-state index in [0.717, 1.165) is 0 Å². The first-order valence-electron chi connectivity index (χ1n) is 5.23. The molecule has 0 bridgehead atoms. The first kappa shape index (κ1) is 13.2. The summed E-state index contributed by atoms with van der Waals surface area (Å²) in [5.74, 6) is -1.38. The molecule has 0 aliphatic carbocycles. The van der Waals surface area contributed by atoms with Crippen molar-refractivity contribution in [2.75, 3.05) is 6.61 Å². The van der Waals surface area contributed by atoms with E-state index in [1.165, 1.54) is 24.3 Å². The molecule has 1 aromatic rings. The maximum absolute atomic E-state index is 12.6. The Morgan fingerprint density at radius 1 is 1.18 bits per heavy atom. The Hall–Kier alpha value is -1.91. The molecule has 4 nitrogen and oxygen atoms in total. The van der Waals surface area contributed by atoms with E-state index in [1.807, 2.05) is 0 Å². The van der Waals surface area contributed by atoms with Crippen molar-refractivity contribution >= 4 is 11.9 Å². The number of hydrogen-bond acceptors (Lipinski definition) is 4. The molecule has 0 unspecified atom stereocenters. The van der Waals surface area contributed by atoms with Gasteiger partial charge >= 0.3 is 11.9 Å². The molecule has 92 valence electrons. The van der Waals surface area contributed by atoms with Crippen molar-refractivity contribution in [1.82, 2.24) is 0 Å². The maximum Gasteiger partial charge on any atom is 0.351 e. The van der Waals surface area contributed by atoms with Gasteiger partial charge in [-0.3, -0.25) is 4.79 Å². The minimum Gasteiger partial charge on any atom is -0.482 e. The minimum atomic E-state index is -0.757. The van der Waals surface area contributed by atoms with E-state index >= 15 is 0 Å². The summed E-state index contributed by atoms with van der Waals surface area (Å²) in [5, 5.41) is 0. The third-order valence-corrected chi connectivity index (χ3v) is 1.85. The lowest BCUT2D eigenvalue weighted by atomic mass is 10.3. The first-order chi connectivity index (χ1) is 8.11. The van der Waals surface area contributed by atoms with Crippen LogP contribution in [-0.2, 0) is 14.3 Å². The van der Waals surface area contributed by atoms with Crippen LogP contribution >= 0.6 is 0 Å². The third kappa shape index (κ3) is 5.10. The third-order valence-electron chi connectivity index (χ3n) is 1.85. The van der Waals surface area contributed by atoms with Crippen LogP contribution in [0.25, 0.3) is 0 Å². The molecule has 0 saturated heterocycles. The summed E-state index contributed by atoms with van der Waals surface area (Å²) in [6.45, 7) is 1.43. The Balaban J connectivity index is 2.33. The highest BCUT2D eigenvalue weighted by Gasteiger charge is 2.10. The Bertz CT molecular complexity index is 386. The van der Waals surface area contributed by atoms with Crippen LogP contribution in [-0.4, -0.2) is 18.5 Å². The average molecular weight is 240 g/mol. The lowest BCUT2D eigenvalue weighted by Crippen LogP contribution is -2.18. The number of hydrogen-bond donors (Lipinski definition) is 0. The van der Waals surface area contributed by atoms with E-state index in [0.29, 0.717) is 12.2 Å². The summed E-state index contributed by atoms with van der Waals surface area (Å²) in [6.07, 6.45) is 0.813. The minimum absolute atomic E-state index is 0.197. The van der Waals surface area contributed by atoms with Gasteiger partial charge in [-0.2, -0.15) is 0 Å². The molecule has 0 heterocycles. The van der Waals surface area contributed by atoms with Crippen molar-refractivity contribution in [2.45, 2.75) is 19.8 Å². The highest BCUT2D eigenvalue weighted by molar-refractivity contribution is 5.86. The molecule has 0 radical (unpaired) electrons. The SMILES string of the molecule is CCCC(=O)OC(=O)COc1ccc(F)cc1. The van der Waals surface area contributed by atoms with E-state index < -0.39 is 17.8 Å². The van der Waals surface area contributed by atoms with E-state index in [1.54, 1.807) is 6.92 Å². The number of ether oxygens (including phenoxy) is 2. The molecule has 1 aromatic carbocycles. The van der Waals surface area contributed by atoms with Crippen LogP contribution in [0.4, 0.5) is 4.39 Å². The van der Waals surface area contributed by atoms with Crippen molar-refractivity contribution in [3.05, 3.63) is 30.1 Å². The van der Waals surface area contributed by atoms with Gasteiger partial charge in [-0.05, 0) is 30.7 Å². The molecule has 17 heavy (non-hydrogen) atoms. The van der Waals surface area contributed by atoms with E-state index in [9.17, 15) is 14.0 Å². The largest absolute Gasteiger partial charge is 0.482 e. The van der Waals surface area contributed by atoms with Crippen molar-refractivity contribution < 1.29 is 23.5 Å². The van der Waals surface area contributed by atoms with Gasteiger partial charge in [0.2, 0.25) is 0 Å². The van der Waals surface area contributed by atoms with Crippen LogP contribution in [0.5, 0.6) is 5.75 Å². The second-order valence-corrected chi connectivity index (χ2v) is 3.34. The predicted molar refractivity (Wildman–Crippen MR) is 57.9 cm³/mol. The molecule has 0 N–H and O–H groups in total. The summed E-state index contributed by atoms with van der Waals surface area (Å²) in [6, 6.07) is 5.19. The summed E-state index contributed by atoms with van der Waals surface area (Å²) in [5.41, 5.74) is 0. The standard InChI is InChI=1S/C12H13FO4/c1-2-3-11(14)17-12(15)8-16-10-6-4-9(13)5-7-10/h4-7H,2-3,8H2,1H3. The van der Waals surface area contributed by atoms with Crippen molar-refractivity contribution in [3.8, 4) is 5.75 Å². The number of benzene rings is 1. The van der Waals surface area contributed by atoms with Gasteiger partial charge in [-0.15, -0.1) is 0 Å². The number of esters is 2. The van der Waals surface area contributed by atoms with Gasteiger partial charge in [0.15, 0.2) is 6.61 Å². The topological polar surface area (TPSA) is 52.6 Å². The summed E-state index contributed by atoms with van der Waals surface area (Å²) < 4.78 is 22.0. The molecule has 0 aliphatic heterocycles. The fraction of sp³-hybridized carbons (Fsp3) is 0.333. The van der Waals surface area contributed by atoms with Crippen LogP contribution in [0.1, 0.15) is 19.8 Å². The lowest BCUT2D eigenvalue weighted by molar-refractivity contribution is -0.161. The molecule has 0 spiro atoms. The summed E-state index contributed by atoms with van der Waals surface area (Å²) >= 11 is 0. The Labute approximate surface area is 98.3 Å². The normalized spacial score (nSPS) is 9.76. The molecule has 1 rings (SSSR count).